The van der Waals surface area contributed by atoms with Crippen molar-refractivity contribution < 1.29 is 13.2 Å². The minimum Gasteiger partial charge on any atom is -0.497 e. The van der Waals surface area contributed by atoms with Crippen molar-refractivity contribution in [1.82, 2.24) is 4.98 Å². The molecule has 0 bridgehead atoms. The number of aromatic nitrogens is 1. The Morgan fingerprint density at radius 2 is 1.63 bits per heavy atom. The van der Waals surface area contributed by atoms with E-state index in [0.29, 0.717) is 16.3 Å². The van der Waals surface area contributed by atoms with Gasteiger partial charge in [0.05, 0.1) is 12.0 Å². The highest BCUT2D eigenvalue weighted by atomic mass is 32.2. The molecule has 0 saturated carbocycles. The van der Waals surface area contributed by atoms with Crippen LogP contribution in [0.4, 0.5) is 0 Å². The number of hydrogen-bond acceptors (Lipinski definition) is 5. The third-order valence-corrected chi connectivity index (χ3v) is 6.90. The van der Waals surface area contributed by atoms with Gasteiger partial charge in [0.2, 0.25) is 9.84 Å². The molecule has 0 spiro atoms. The van der Waals surface area contributed by atoms with Crippen LogP contribution in [-0.4, -0.2) is 26.8 Å². The summed E-state index contributed by atoms with van der Waals surface area (Å²) >= 11 is 1.23. The zero-order chi connectivity index (χ0) is 19.6. The average molecular weight is 402 g/mol. The molecule has 0 unspecified atom stereocenters. The van der Waals surface area contributed by atoms with Gasteiger partial charge in [-0.2, -0.15) is 0 Å². The number of benzene rings is 2. The molecule has 1 heterocycles. The lowest BCUT2D eigenvalue weighted by molar-refractivity contribution is 0.415. The number of pyridine rings is 1. The standard InChI is InChI=1S/C20H19NO4S2/c1-13-4-10-16(11-5-13)27(23,24)19-18(26-3)12-17(21-20(19)22)14-6-8-15(25-2)9-7-14/h4-12H,1-3H3,(H,21,22). The molecule has 0 atom stereocenters. The summed E-state index contributed by atoms with van der Waals surface area (Å²) in [6, 6.07) is 15.3. The quantitative estimate of drug-likeness (QED) is 0.656. The molecule has 140 valence electrons. The van der Waals surface area contributed by atoms with Gasteiger partial charge in [-0.15, -0.1) is 11.8 Å². The predicted octanol–water partition coefficient (Wildman–Crippen LogP) is 3.91. The van der Waals surface area contributed by atoms with E-state index in [-0.39, 0.29) is 9.79 Å². The first-order valence-corrected chi connectivity index (χ1v) is 10.8. The van der Waals surface area contributed by atoms with Crippen molar-refractivity contribution in [3.8, 4) is 17.0 Å². The van der Waals surface area contributed by atoms with Gasteiger partial charge in [-0.25, -0.2) is 8.42 Å². The van der Waals surface area contributed by atoms with Crippen molar-refractivity contribution in [3.05, 3.63) is 70.5 Å². The van der Waals surface area contributed by atoms with E-state index < -0.39 is 15.4 Å². The minimum absolute atomic E-state index is 0.103. The first-order valence-electron chi connectivity index (χ1n) is 8.14. The maximum absolute atomic E-state index is 13.0. The number of aryl methyl sites for hydroxylation is 1. The summed E-state index contributed by atoms with van der Waals surface area (Å²) in [5.41, 5.74) is 1.63. The summed E-state index contributed by atoms with van der Waals surface area (Å²) < 4.78 is 31.2. The molecule has 3 rings (SSSR count). The van der Waals surface area contributed by atoms with Crippen molar-refractivity contribution >= 4 is 21.6 Å². The van der Waals surface area contributed by atoms with Gasteiger partial charge in [-0.3, -0.25) is 4.79 Å². The Balaban J connectivity index is 2.14. The van der Waals surface area contributed by atoms with Crippen LogP contribution < -0.4 is 10.3 Å². The molecule has 0 fully saturated rings. The zero-order valence-electron chi connectivity index (χ0n) is 15.1. The van der Waals surface area contributed by atoms with Crippen LogP contribution in [0, 0.1) is 6.92 Å². The van der Waals surface area contributed by atoms with Crippen molar-refractivity contribution in [1.29, 1.82) is 0 Å². The minimum atomic E-state index is -3.92. The van der Waals surface area contributed by atoms with Crippen molar-refractivity contribution in [2.75, 3.05) is 13.4 Å². The fraction of sp³-hybridized carbons (Fsp3) is 0.150. The second kappa shape index (κ2) is 7.62. The molecular weight excluding hydrogens is 382 g/mol. The molecule has 0 aliphatic carbocycles. The fourth-order valence-electron chi connectivity index (χ4n) is 2.69. The number of thioether (sulfide) groups is 1. The molecule has 2 aromatic carbocycles. The summed E-state index contributed by atoms with van der Waals surface area (Å²) in [6.45, 7) is 1.88. The number of H-pyrrole nitrogens is 1. The second-order valence-corrected chi connectivity index (χ2v) is 8.69. The third kappa shape index (κ3) is 3.79. The highest BCUT2D eigenvalue weighted by Gasteiger charge is 2.26. The number of methoxy groups -OCH3 is 1. The predicted molar refractivity (Wildman–Crippen MR) is 107 cm³/mol. The van der Waals surface area contributed by atoms with Crippen LogP contribution in [0.1, 0.15) is 5.56 Å². The van der Waals surface area contributed by atoms with Gasteiger partial charge in [-0.05, 0) is 61.2 Å². The molecule has 1 aromatic heterocycles. The smallest absolute Gasteiger partial charge is 0.268 e. The Morgan fingerprint density at radius 1 is 1.00 bits per heavy atom. The van der Waals surface area contributed by atoms with Gasteiger partial charge in [0.15, 0.2) is 4.90 Å². The fourth-order valence-corrected chi connectivity index (χ4v) is 5.13. The number of rotatable bonds is 5. The van der Waals surface area contributed by atoms with Gasteiger partial charge >= 0.3 is 0 Å². The number of aromatic amines is 1. The van der Waals surface area contributed by atoms with Gasteiger partial charge in [0.1, 0.15) is 5.75 Å². The lowest BCUT2D eigenvalue weighted by atomic mass is 10.1. The van der Waals surface area contributed by atoms with Crippen molar-refractivity contribution in [2.24, 2.45) is 0 Å². The maximum Gasteiger partial charge on any atom is 0.268 e. The molecule has 1 N–H and O–H groups in total. The van der Waals surface area contributed by atoms with E-state index in [2.05, 4.69) is 4.98 Å². The van der Waals surface area contributed by atoms with E-state index in [1.165, 1.54) is 23.9 Å². The normalized spacial score (nSPS) is 11.4. The number of nitrogens with one attached hydrogen (secondary N) is 1. The molecular formula is C20H19NO4S2. The Labute approximate surface area is 162 Å². The van der Waals surface area contributed by atoms with Crippen LogP contribution in [0.3, 0.4) is 0 Å². The van der Waals surface area contributed by atoms with Crippen LogP contribution in [0.2, 0.25) is 0 Å². The lowest BCUT2D eigenvalue weighted by Crippen LogP contribution is -2.20. The van der Waals surface area contributed by atoms with E-state index >= 15 is 0 Å². The van der Waals surface area contributed by atoms with Crippen LogP contribution in [0.15, 0.2) is 74.1 Å². The summed E-state index contributed by atoms with van der Waals surface area (Å²) in [4.78, 5) is 15.7. The second-order valence-electron chi connectivity index (χ2n) is 5.95. The Bertz CT molecular complexity index is 1120. The molecule has 0 aliphatic rings. The van der Waals surface area contributed by atoms with Gasteiger partial charge in [0, 0.05) is 10.6 Å². The van der Waals surface area contributed by atoms with Crippen molar-refractivity contribution in [3.63, 3.8) is 0 Å². The van der Waals surface area contributed by atoms with Crippen LogP contribution >= 0.6 is 11.8 Å². The summed E-state index contributed by atoms with van der Waals surface area (Å²) in [7, 11) is -2.35. The summed E-state index contributed by atoms with van der Waals surface area (Å²) in [6.07, 6.45) is 1.75. The first-order chi connectivity index (χ1) is 12.9. The molecule has 0 aliphatic heterocycles. The molecule has 27 heavy (non-hydrogen) atoms. The first kappa shape index (κ1) is 19.3. The van der Waals surface area contributed by atoms with Gasteiger partial charge in [0.25, 0.3) is 5.56 Å². The summed E-state index contributed by atoms with van der Waals surface area (Å²) in [5, 5.41) is 0. The monoisotopic (exact) mass is 401 g/mol. The van der Waals surface area contributed by atoms with Gasteiger partial charge in [-0.1, -0.05) is 17.7 Å². The maximum atomic E-state index is 13.0. The van der Waals surface area contributed by atoms with Gasteiger partial charge < -0.3 is 9.72 Å². The average Bonchev–Trinajstić information content (AvgIpc) is 2.67. The summed E-state index contributed by atoms with van der Waals surface area (Å²) in [5.74, 6) is 0.699. The lowest BCUT2D eigenvalue weighted by Gasteiger charge is -2.11. The number of ether oxygens (including phenoxy) is 1. The Hall–Kier alpha value is -2.51. The van der Waals surface area contributed by atoms with E-state index in [1.54, 1.807) is 43.7 Å². The van der Waals surface area contributed by atoms with Crippen molar-refractivity contribution in [2.45, 2.75) is 21.6 Å². The van der Waals surface area contributed by atoms with E-state index in [4.69, 9.17) is 4.74 Å². The van der Waals surface area contributed by atoms with Crippen LogP contribution in [0.5, 0.6) is 5.75 Å². The topological polar surface area (TPSA) is 76.2 Å². The highest BCUT2D eigenvalue weighted by Crippen LogP contribution is 2.30. The zero-order valence-corrected chi connectivity index (χ0v) is 16.8. The van der Waals surface area contributed by atoms with Crippen LogP contribution in [-0.2, 0) is 9.84 Å². The molecule has 0 saturated heterocycles. The largest absolute Gasteiger partial charge is 0.497 e. The molecule has 0 radical (unpaired) electrons. The number of hydrogen-bond donors (Lipinski definition) is 1. The SMILES string of the molecule is COc1ccc(-c2cc(SC)c(S(=O)(=O)c3ccc(C)cc3)c(=O)[nH]2)cc1. The van der Waals surface area contributed by atoms with E-state index in [1.807, 2.05) is 19.1 Å². The molecule has 3 aromatic rings. The Kier molecular flexibility index (Phi) is 5.43. The molecule has 7 heteroatoms. The number of sulfone groups is 1. The van der Waals surface area contributed by atoms with E-state index in [0.717, 1.165) is 11.1 Å². The van der Waals surface area contributed by atoms with Crippen LogP contribution in [0.25, 0.3) is 11.3 Å². The van der Waals surface area contributed by atoms with E-state index in [9.17, 15) is 13.2 Å². The highest BCUT2D eigenvalue weighted by molar-refractivity contribution is 7.99. The third-order valence-electron chi connectivity index (χ3n) is 4.17. The Morgan fingerprint density at radius 3 is 2.19 bits per heavy atom. The molecule has 0 amide bonds. The molecule has 5 nitrogen and oxygen atoms in total.